The van der Waals surface area contributed by atoms with Crippen LogP contribution in [0.5, 0.6) is 0 Å². The molecular formula is C18H35N5O. The fourth-order valence-electron chi connectivity index (χ4n) is 2.46. The highest BCUT2D eigenvalue weighted by Crippen LogP contribution is 2.11. The van der Waals surface area contributed by atoms with Crippen LogP contribution < -0.4 is 10.6 Å². The summed E-state index contributed by atoms with van der Waals surface area (Å²) in [6.07, 6.45) is 6.78. The zero-order chi connectivity index (χ0) is 17.8. The molecule has 0 aliphatic rings. The van der Waals surface area contributed by atoms with E-state index >= 15 is 0 Å². The first-order valence-corrected chi connectivity index (χ1v) is 9.37. The second kappa shape index (κ2) is 11.9. The van der Waals surface area contributed by atoms with Gasteiger partial charge in [0.25, 0.3) is 0 Å². The second-order valence-corrected chi connectivity index (χ2v) is 6.60. The molecule has 1 heterocycles. The Hall–Kier alpha value is -1.59. The fourth-order valence-corrected chi connectivity index (χ4v) is 2.46. The highest BCUT2D eigenvalue weighted by molar-refractivity contribution is 5.79. The van der Waals surface area contributed by atoms with E-state index in [1.165, 1.54) is 25.7 Å². The van der Waals surface area contributed by atoms with Crippen molar-refractivity contribution >= 4 is 5.96 Å². The number of guanidine groups is 1. The lowest BCUT2D eigenvalue weighted by Crippen LogP contribution is -2.40. The summed E-state index contributed by atoms with van der Waals surface area (Å²) in [6, 6.07) is 0. The molecule has 0 radical (unpaired) electrons. The summed E-state index contributed by atoms with van der Waals surface area (Å²) in [5.74, 6) is 3.40. The quantitative estimate of drug-likeness (QED) is 0.367. The number of rotatable bonds is 11. The van der Waals surface area contributed by atoms with Crippen LogP contribution in [0.15, 0.2) is 9.52 Å². The van der Waals surface area contributed by atoms with Gasteiger partial charge in [0.05, 0.1) is 0 Å². The molecule has 138 valence electrons. The van der Waals surface area contributed by atoms with Crippen molar-refractivity contribution in [2.24, 2.45) is 10.9 Å². The summed E-state index contributed by atoms with van der Waals surface area (Å²) in [5.41, 5.74) is 0. The van der Waals surface area contributed by atoms with Gasteiger partial charge in [-0.1, -0.05) is 52.1 Å². The Balaban J connectivity index is 2.23. The molecule has 1 rings (SSSR count). The van der Waals surface area contributed by atoms with Gasteiger partial charge in [0.2, 0.25) is 5.89 Å². The summed E-state index contributed by atoms with van der Waals surface area (Å²) >= 11 is 0. The van der Waals surface area contributed by atoms with Crippen LogP contribution >= 0.6 is 0 Å². The number of aromatic nitrogens is 2. The summed E-state index contributed by atoms with van der Waals surface area (Å²) in [5, 5.41) is 10.8. The molecule has 0 spiro atoms. The lowest BCUT2D eigenvalue weighted by molar-refractivity contribution is 0.368. The molecule has 0 bridgehead atoms. The van der Waals surface area contributed by atoms with Gasteiger partial charge in [-0.3, -0.25) is 4.99 Å². The van der Waals surface area contributed by atoms with Gasteiger partial charge in [-0.2, -0.15) is 4.98 Å². The maximum absolute atomic E-state index is 5.26. The molecule has 1 unspecified atom stereocenters. The SMILES string of the molecule is CCCCC(CC)CNC(=NC)NCCCc1nc(C(C)C)no1. The first kappa shape index (κ1) is 20.5. The number of nitrogens with zero attached hydrogens (tertiary/aromatic N) is 3. The third kappa shape index (κ3) is 7.79. The average Bonchev–Trinajstić information content (AvgIpc) is 3.06. The zero-order valence-corrected chi connectivity index (χ0v) is 16.1. The normalized spacial score (nSPS) is 13.3. The Morgan fingerprint density at radius 2 is 2.00 bits per heavy atom. The van der Waals surface area contributed by atoms with Crippen molar-refractivity contribution in [2.45, 2.75) is 72.1 Å². The van der Waals surface area contributed by atoms with Crippen molar-refractivity contribution in [3.8, 4) is 0 Å². The molecule has 0 aliphatic heterocycles. The van der Waals surface area contributed by atoms with Gasteiger partial charge in [0.15, 0.2) is 11.8 Å². The summed E-state index contributed by atoms with van der Waals surface area (Å²) < 4.78 is 5.26. The molecule has 1 atom stereocenters. The number of aliphatic imine (C=N–C) groups is 1. The van der Waals surface area contributed by atoms with E-state index in [0.29, 0.717) is 11.8 Å². The highest BCUT2D eigenvalue weighted by Gasteiger charge is 2.10. The van der Waals surface area contributed by atoms with Crippen LogP contribution in [0, 0.1) is 5.92 Å². The predicted molar refractivity (Wildman–Crippen MR) is 99.4 cm³/mol. The molecule has 0 aliphatic carbocycles. The van der Waals surface area contributed by atoms with Gasteiger partial charge in [-0.05, 0) is 18.8 Å². The first-order valence-electron chi connectivity index (χ1n) is 9.37. The average molecular weight is 338 g/mol. The predicted octanol–water partition coefficient (Wildman–Crippen LogP) is 3.51. The molecular weight excluding hydrogens is 302 g/mol. The fraction of sp³-hybridized carbons (Fsp3) is 0.833. The Morgan fingerprint density at radius 3 is 2.58 bits per heavy atom. The topological polar surface area (TPSA) is 75.3 Å². The molecule has 0 aromatic carbocycles. The number of aryl methyl sites for hydroxylation is 1. The monoisotopic (exact) mass is 337 g/mol. The third-order valence-corrected chi connectivity index (χ3v) is 4.19. The largest absolute Gasteiger partial charge is 0.356 e. The van der Waals surface area contributed by atoms with Gasteiger partial charge >= 0.3 is 0 Å². The van der Waals surface area contributed by atoms with Crippen molar-refractivity contribution in [1.29, 1.82) is 0 Å². The zero-order valence-electron chi connectivity index (χ0n) is 16.1. The van der Waals surface area contributed by atoms with Gasteiger partial charge in [0.1, 0.15) is 0 Å². The van der Waals surface area contributed by atoms with E-state index in [2.05, 4.69) is 53.5 Å². The second-order valence-electron chi connectivity index (χ2n) is 6.60. The number of nitrogens with one attached hydrogen (secondary N) is 2. The molecule has 0 fully saturated rings. The van der Waals surface area contributed by atoms with Crippen LogP contribution in [-0.2, 0) is 6.42 Å². The minimum Gasteiger partial charge on any atom is -0.356 e. The van der Waals surface area contributed by atoms with Crippen LogP contribution in [0.4, 0.5) is 0 Å². The maximum Gasteiger partial charge on any atom is 0.226 e. The molecule has 6 heteroatoms. The molecule has 0 saturated carbocycles. The van der Waals surface area contributed by atoms with E-state index in [4.69, 9.17) is 4.52 Å². The summed E-state index contributed by atoms with van der Waals surface area (Å²) in [6.45, 7) is 10.5. The van der Waals surface area contributed by atoms with E-state index < -0.39 is 0 Å². The van der Waals surface area contributed by atoms with Crippen molar-refractivity contribution in [1.82, 2.24) is 20.8 Å². The van der Waals surface area contributed by atoms with Crippen LogP contribution in [0.2, 0.25) is 0 Å². The minimum absolute atomic E-state index is 0.308. The smallest absolute Gasteiger partial charge is 0.226 e. The Labute approximate surface area is 146 Å². The van der Waals surface area contributed by atoms with Gasteiger partial charge in [0, 0.05) is 32.5 Å². The van der Waals surface area contributed by atoms with Crippen LogP contribution in [0.25, 0.3) is 0 Å². The van der Waals surface area contributed by atoms with Gasteiger partial charge in [-0.15, -0.1) is 0 Å². The number of unbranched alkanes of at least 4 members (excludes halogenated alkanes) is 1. The highest BCUT2D eigenvalue weighted by atomic mass is 16.5. The van der Waals surface area contributed by atoms with E-state index in [9.17, 15) is 0 Å². The standard InChI is InChI=1S/C18H35N5O/c1-6-8-10-15(7-2)13-21-18(19-5)20-12-9-11-16-22-17(14(3)4)23-24-16/h14-15H,6-13H2,1-5H3,(H2,19,20,21). The summed E-state index contributed by atoms with van der Waals surface area (Å²) in [4.78, 5) is 8.68. The van der Waals surface area contributed by atoms with E-state index in [-0.39, 0.29) is 0 Å². The van der Waals surface area contributed by atoms with Crippen LogP contribution in [-0.4, -0.2) is 36.2 Å². The van der Waals surface area contributed by atoms with Crippen molar-refractivity contribution < 1.29 is 4.52 Å². The lowest BCUT2D eigenvalue weighted by atomic mass is 9.99. The molecule has 6 nitrogen and oxygen atoms in total. The van der Waals surface area contributed by atoms with Crippen LogP contribution in [0.3, 0.4) is 0 Å². The molecule has 1 aromatic rings. The van der Waals surface area contributed by atoms with Crippen molar-refractivity contribution in [3.63, 3.8) is 0 Å². The molecule has 0 saturated heterocycles. The van der Waals surface area contributed by atoms with Gasteiger partial charge in [-0.25, -0.2) is 0 Å². The first-order chi connectivity index (χ1) is 11.6. The maximum atomic E-state index is 5.26. The van der Waals surface area contributed by atoms with E-state index in [1.807, 2.05) is 7.05 Å². The van der Waals surface area contributed by atoms with E-state index in [0.717, 1.165) is 43.6 Å². The molecule has 1 aromatic heterocycles. The lowest BCUT2D eigenvalue weighted by Gasteiger charge is -2.17. The van der Waals surface area contributed by atoms with E-state index in [1.54, 1.807) is 0 Å². The van der Waals surface area contributed by atoms with Gasteiger partial charge < -0.3 is 15.2 Å². The Morgan fingerprint density at radius 1 is 1.21 bits per heavy atom. The number of hydrogen-bond acceptors (Lipinski definition) is 4. The van der Waals surface area contributed by atoms with Crippen molar-refractivity contribution in [3.05, 3.63) is 11.7 Å². The molecule has 0 amide bonds. The van der Waals surface area contributed by atoms with Crippen LogP contribution in [0.1, 0.15) is 77.4 Å². The molecule has 2 N–H and O–H groups in total. The minimum atomic E-state index is 0.308. The van der Waals surface area contributed by atoms with Crippen molar-refractivity contribution in [2.75, 3.05) is 20.1 Å². The molecule has 24 heavy (non-hydrogen) atoms. The summed E-state index contributed by atoms with van der Waals surface area (Å²) in [7, 11) is 1.81. The number of hydrogen-bond donors (Lipinski definition) is 2. The Bertz CT molecular complexity index is 470. The third-order valence-electron chi connectivity index (χ3n) is 4.19. The Kier molecular flexibility index (Phi) is 10.1.